The van der Waals surface area contributed by atoms with Crippen LogP contribution in [0, 0.1) is 0 Å². The van der Waals surface area contributed by atoms with E-state index in [0.29, 0.717) is 0 Å². The number of hydrogen-bond acceptors (Lipinski definition) is 4. The molecule has 8 heteroatoms. The number of nitrogens with one attached hydrogen (secondary N) is 1. The third-order valence-corrected chi connectivity index (χ3v) is 2.14. The molecule has 0 aromatic rings. The van der Waals surface area contributed by atoms with Gasteiger partial charge >= 0.3 is 6.36 Å². The highest BCUT2D eigenvalue weighted by molar-refractivity contribution is 7.90. The molecule has 0 aliphatic carbocycles. The van der Waals surface area contributed by atoms with Crippen LogP contribution < -0.4 is 5.32 Å². The van der Waals surface area contributed by atoms with Crippen molar-refractivity contribution in [1.82, 2.24) is 5.32 Å². The maximum absolute atomic E-state index is 11.4. The molecule has 0 aliphatic heterocycles. The molecule has 4 nitrogen and oxygen atoms in total. The average Bonchev–Trinajstić information content (AvgIpc) is 1.92. The van der Waals surface area contributed by atoms with E-state index >= 15 is 0 Å². The fourth-order valence-electron chi connectivity index (χ4n) is 0.621. The highest BCUT2D eigenvalue weighted by Crippen LogP contribution is 2.14. The number of hydrogen-bond donors (Lipinski definition) is 1. The molecule has 86 valence electrons. The molecule has 0 unspecified atom stereocenters. The Balaban J connectivity index is 3.32. The Morgan fingerprint density at radius 2 is 1.86 bits per heavy atom. The Bertz CT molecular complexity index is 250. The molecular formula is C6H12F3NO3S. The first-order valence-electron chi connectivity index (χ1n) is 3.80. The summed E-state index contributed by atoms with van der Waals surface area (Å²) in [6, 6.07) is 0. The zero-order valence-electron chi connectivity index (χ0n) is 7.60. The summed E-state index contributed by atoms with van der Waals surface area (Å²) < 4.78 is 58.8. The molecule has 0 bridgehead atoms. The Morgan fingerprint density at radius 3 is 2.29 bits per heavy atom. The number of halogens is 3. The van der Waals surface area contributed by atoms with Gasteiger partial charge in [0.2, 0.25) is 0 Å². The van der Waals surface area contributed by atoms with Crippen LogP contribution in [0.2, 0.25) is 0 Å². The second-order valence-electron chi connectivity index (χ2n) is 2.67. The number of alkyl halides is 3. The fourth-order valence-corrected chi connectivity index (χ4v) is 1.14. The van der Waals surface area contributed by atoms with E-state index in [1.54, 1.807) is 0 Å². The van der Waals surface area contributed by atoms with E-state index in [0.717, 1.165) is 6.26 Å². The third kappa shape index (κ3) is 11.7. The second-order valence-corrected chi connectivity index (χ2v) is 4.93. The lowest BCUT2D eigenvalue weighted by atomic mass is 10.6. The lowest BCUT2D eigenvalue weighted by Crippen LogP contribution is -2.28. The van der Waals surface area contributed by atoms with Gasteiger partial charge in [-0.05, 0) is 0 Å². The Kier molecular flexibility index (Phi) is 5.38. The minimum Gasteiger partial charge on any atom is -0.313 e. The monoisotopic (exact) mass is 235 g/mol. The van der Waals surface area contributed by atoms with E-state index < -0.39 is 22.8 Å². The highest BCUT2D eigenvalue weighted by atomic mass is 32.2. The third-order valence-electron chi connectivity index (χ3n) is 1.19. The topological polar surface area (TPSA) is 55.4 Å². The van der Waals surface area contributed by atoms with E-state index in [9.17, 15) is 21.6 Å². The van der Waals surface area contributed by atoms with Gasteiger partial charge in [0.05, 0.1) is 12.4 Å². The van der Waals surface area contributed by atoms with Crippen LogP contribution in [0.4, 0.5) is 13.2 Å². The number of ether oxygens (including phenoxy) is 1. The van der Waals surface area contributed by atoms with Gasteiger partial charge in [-0.25, -0.2) is 8.42 Å². The van der Waals surface area contributed by atoms with E-state index in [-0.39, 0.29) is 18.8 Å². The maximum atomic E-state index is 11.4. The van der Waals surface area contributed by atoms with Crippen molar-refractivity contribution in [1.29, 1.82) is 0 Å². The van der Waals surface area contributed by atoms with Crippen LogP contribution in [0.3, 0.4) is 0 Å². The number of sulfone groups is 1. The van der Waals surface area contributed by atoms with E-state index in [1.165, 1.54) is 0 Å². The Hall–Kier alpha value is -0.340. The van der Waals surface area contributed by atoms with Gasteiger partial charge in [0.15, 0.2) is 0 Å². The van der Waals surface area contributed by atoms with Crippen LogP contribution in [0.1, 0.15) is 0 Å². The van der Waals surface area contributed by atoms with E-state index in [1.807, 2.05) is 0 Å². The summed E-state index contributed by atoms with van der Waals surface area (Å²) >= 11 is 0. The van der Waals surface area contributed by atoms with Gasteiger partial charge in [0.25, 0.3) is 0 Å². The minimum absolute atomic E-state index is 0.0327. The summed E-state index contributed by atoms with van der Waals surface area (Å²) in [6.07, 6.45) is -3.57. The van der Waals surface area contributed by atoms with Gasteiger partial charge in [-0.2, -0.15) is 0 Å². The van der Waals surface area contributed by atoms with Crippen molar-refractivity contribution in [2.45, 2.75) is 6.36 Å². The lowest BCUT2D eigenvalue weighted by molar-refractivity contribution is -0.323. The highest BCUT2D eigenvalue weighted by Gasteiger charge is 2.28. The van der Waals surface area contributed by atoms with Crippen molar-refractivity contribution >= 4 is 9.84 Å². The van der Waals surface area contributed by atoms with Crippen LogP contribution in [0.15, 0.2) is 0 Å². The normalized spacial score (nSPS) is 13.1. The number of rotatable bonds is 6. The first-order chi connectivity index (χ1) is 6.21. The molecule has 1 N–H and O–H groups in total. The van der Waals surface area contributed by atoms with E-state index in [2.05, 4.69) is 10.1 Å². The van der Waals surface area contributed by atoms with Crippen molar-refractivity contribution < 1.29 is 26.3 Å². The summed E-state index contributed by atoms with van der Waals surface area (Å²) in [5, 5.41) is 2.51. The van der Waals surface area contributed by atoms with Crippen molar-refractivity contribution in [2.75, 3.05) is 31.7 Å². The van der Waals surface area contributed by atoms with Gasteiger partial charge < -0.3 is 5.32 Å². The largest absolute Gasteiger partial charge is 0.522 e. The lowest BCUT2D eigenvalue weighted by Gasteiger charge is -2.07. The van der Waals surface area contributed by atoms with Gasteiger partial charge in [0.1, 0.15) is 9.84 Å². The molecular weight excluding hydrogens is 223 g/mol. The standard InChI is InChI=1S/C6H12F3NO3S/c1-14(11,12)5-3-10-2-4-13-6(7,8)9/h10H,2-5H2,1H3. The summed E-state index contributed by atoms with van der Waals surface area (Å²) in [4.78, 5) is 0. The van der Waals surface area contributed by atoms with Gasteiger partial charge in [0, 0.05) is 19.3 Å². The fraction of sp³-hybridized carbons (Fsp3) is 1.00. The van der Waals surface area contributed by atoms with Gasteiger partial charge in [-0.15, -0.1) is 13.2 Å². The smallest absolute Gasteiger partial charge is 0.313 e. The molecule has 0 aliphatic rings. The Labute approximate surface area is 80.3 Å². The summed E-state index contributed by atoms with van der Waals surface area (Å²) in [7, 11) is -3.07. The molecule has 0 saturated heterocycles. The predicted molar refractivity (Wildman–Crippen MR) is 44.6 cm³/mol. The van der Waals surface area contributed by atoms with E-state index in [4.69, 9.17) is 0 Å². The zero-order valence-corrected chi connectivity index (χ0v) is 8.41. The molecule has 0 fully saturated rings. The average molecular weight is 235 g/mol. The molecule has 0 amide bonds. The molecule has 0 aromatic carbocycles. The molecule has 0 atom stereocenters. The maximum Gasteiger partial charge on any atom is 0.522 e. The molecule has 0 spiro atoms. The molecule has 14 heavy (non-hydrogen) atoms. The molecule has 0 saturated carbocycles. The van der Waals surface area contributed by atoms with Crippen molar-refractivity contribution in [2.24, 2.45) is 0 Å². The first-order valence-corrected chi connectivity index (χ1v) is 5.86. The van der Waals surface area contributed by atoms with Crippen LogP contribution >= 0.6 is 0 Å². The van der Waals surface area contributed by atoms with Crippen LogP contribution in [0.25, 0.3) is 0 Å². The SMILES string of the molecule is CS(=O)(=O)CCNCCOC(F)(F)F. The Morgan fingerprint density at radius 1 is 1.29 bits per heavy atom. The summed E-state index contributed by atoms with van der Waals surface area (Å²) in [5.41, 5.74) is 0. The molecule has 0 radical (unpaired) electrons. The van der Waals surface area contributed by atoms with Crippen molar-refractivity contribution in [3.05, 3.63) is 0 Å². The van der Waals surface area contributed by atoms with Crippen LogP contribution in [-0.2, 0) is 14.6 Å². The van der Waals surface area contributed by atoms with Crippen LogP contribution in [0.5, 0.6) is 0 Å². The predicted octanol–water partition coefficient (Wildman–Crippen LogP) is 0.157. The molecule has 0 rings (SSSR count). The quantitative estimate of drug-likeness (QED) is 0.666. The molecule has 0 heterocycles. The van der Waals surface area contributed by atoms with Gasteiger partial charge in [-0.1, -0.05) is 0 Å². The van der Waals surface area contributed by atoms with Crippen molar-refractivity contribution in [3.63, 3.8) is 0 Å². The molecule has 0 aromatic heterocycles. The van der Waals surface area contributed by atoms with Crippen LogP contribution in [-0.4, -0.2) is 46.5 Å². The summed E-state index contributed by atoms with van der Waals surface area (Å²) in [5.74, 6) is -0.0982. The van der Waals surface area contributed by atoms with Gasteiger partial charge in [-0.3, -0.25) is 4.74 Å². The first kappa shape index (κ1) is 13.7. The van der Waals surface area contributed by atoms with Crippen molar-refractivity contribution in [3.8, 4) is 0 Å². The second kappa shape index (κ2) is 5.52. The zero-order chi connectivity index (χ0) is 11.2. The summed E-state index contributed by atoms with van der Waals surface area (Å²) in [6.45, 7) is -0.428. The minimum atomic E-state index is -4.63.